The molecule has 3 nitrogen and oxygen atoms in total. The van der Waals surface area contributed by atoms with E-state index in [1.165, 1.54) is 44.6 Å². The van der Waals surface area contributed by atoms with Crippen molar-refractivity contribution in [3.8, 4) is 11.5 Å². The summed E-state index contributed by atoms with van der Waals surface area (Å²) in [4.78, 5) is 12.4. The van der Waals surface area contributed by atoms with Gasteiger partial charge in [-0.2, -0.15) is 0 Å². The molecule has 0 aliphatic rings. The molecule has 2 aromatic carbocycles. The van der Waals surface area contributed by atoms with Gasteiger partial charge < -0.3 is 9.47 Å². The van der Waals surface area contributed by atoms with Gasteiger partial charge >= 0.3 is 0 Å². The monoisotopic (exact) mass is 294 g/mol. The molecule has 0 aliphatic carbocycles. The van der Waals surface area contributed by atoms with Crippen LogP contribution in [-0.4, -0.2) is 20.0 Å². The van der Waals surface area contributed by atoms with E-state index in [9.17, 15) is 9.18 Å². The molecule has 5 heteroatoms. The molecule has 0 fully saturated rings. The van der Waals surface area contributed by atoms with Gasteiger partial charge in [0.05, 0.1) is 19.8 Å². The Morgan fingerprint density at radius 3 is 2.50 bits per heavy atom. The second kappa shape index (κ2) is 5.92. The first-order valence-electron chi connectivity index (χ1n) is 5.79. The fourth-order valence-electron chi connectivity index (χ4n) is 1.86. The predicted molar refractivity (Wildman–Crippen MR) is 74.4 cm³/mol. The summed E-state index contributed by atoms with van der Waals surface area (Å²) in [5.74, 6) is -0.236. The number of benzene rings is 2. The Bertz CT molecular complexity index is 656. The van der Waals surface area contributed by atoms with Crippen molar-refractivity contribution in [3.63, 3.8) is 0 Å². The summed E-state index contributed by atoms with van der Waals surface area (Å²) in [6.45, 7) is 0. The van der Waals surface area contributed by atoms with Gasteiger partial charge in [0, 0.05) is 5.56 Å². The smallest absolute Gasteiger partial charge is 0.196 e. The van der Waals surface area contributed by atoms with Gasteiger partial charge in [-0.3, -0.25) is 4.79 Å². The van der Waals surface area contributed by atoms with Crippen molar-refractivity contribution in [2.24, 2.45) is 0 Å². The highest BCUT2D eigenvalue weighted by Crippen LogP contribution is 2.37. The zero-order valence-corrected chi connectivity index (χ0v) is 11.7. The third-order valence-electron chi connectivity index (χ3n) is 2.82. The Balaban J connectivity index is 2.52. The second-order valence-corrected chi connectivity index (χ2v) is 4.38. The SMILES string of the molecule is COc1ccc(C(=O)c2cccc(F)c2)c(OC)c1Cl. The quantitative estimate of drug-likeness (QED) is 0.806. The molecule has 104 valence electrons. The molecule has 0 aromatic heterocycles. The molecule has 0 bridgehead atoms. The number of carbonyl (C=O) groups is 1. The number of methoxy groups -OCH3 is 2. The maximum Gasteiger partial charge on any atom is 0.196 e. The van der Waals surface area contributed by atoms with Crippen LogP contribution in [0.5, 0.6) is 11.5 Å². The van der Waals surface area contributed by atoms with E-state index in [2.05, 4.69) is 0 Å². The molecule has 0 unspecified atom stereocenters. The van der Waals surface area contributed by atoms with Gasteiger partial charge in [0.1, 0.15) is 16.6 Å². The number of hydrogen-bond acceptors (Lipinski definition) is 3. The van der Waals surface area contributed by atoms with Crippen LogP contribution in [0, 0.1) is 5.82 Å². The van der Waals surface area contributed by atoms with Crippen LogP contribution in [0.3, 0.4) is 0 Å². The first-order valence-corrected chi connectivity index (χ1v) is 6.17. The van der Waals surface area contributed by atoms with E-state index in [1.807, 2.05) is 0 Å². The van der Waals surface area contributed by atoms with Crippen LogP contribution in [0.15, 0.2) is 36.4 Å². The van der Waals surface area contributed by atoms with Gasteiger partial charge in [0.25, 0.3) is 0 Å². The topological polar surface area (TPSA) is 35.5 Å². The van der Waals surface area contributed by atoms with Gasteiger partial charge in [-0.25, -0.2) is 4.39 Å². The van der Waals surface area contributed by atoms with Crippen molar-refractivity contribution >= 4 is 17.4 Å². The summed E-state index contributed by atoms with van der Waals surface area (Å²) >= 11 is 6.10. The van der Waals surface area contributed by atoms with Crippen LogP contribution in [0.4, 0.5) is 4.39 Å². The fraction of sp³-hybridized carbons (Fsp3) is 0.133. The lowest BCUT2D eigenvalue weighted by molar-refractivity contribution is 0.103. The minimum Gasteiger partial charge on any atom is -0.495 e. The van der Waals surface area contributed by atoms with Crippen LogP contribution in [0.25, 0.3) is 0 Å². The molecule has 0 atom stereocenters. The van der Waals surface area contributed by atoms with Crippen LogP contribution in [0.1, 0.15) is 15.9 Å². The number of halogens is 2. The van der Waals surface area contributed by atoms with Crippen molar-refractivity contribution < 1.29 is 18.7 Å². The summed E-state index contributed by atoms with van der Waals surface area (Å²) in [5, 5.41) is 0.206. The molecule has 20 heavy (non-hydrogen) atoms. The summed E-state index contributed by atoms with van der Waals surface area (Å²) in [6.07, 6.45) is 0. The van der Waals surface area contributed by atoms with E-state index in [0.29, 0.717) is 5.75 Å². The number of hydrogen-bond donors (Lipinski definition) is 0. The Morgan fingerprint density at radius 1 is 1.15 bits per heavy atom. The summed E-state index contributed by atoms with van der Waals surface area (Å²) < 4.78 is 23.4. The van der Waals surface area contributed by atoms with E-state index in [0.717, 1.165) is 0 Å². The zero-order chi connectivity index (χ0) is 14.7. The lowest BCUT2D eigenvalue weighted by atomic mass is 10.0. The highest BCUT2D eigenvalue weighted by Gasteiger charge is 2.20. The molecule has 0 amide bonds. The minimum atomic E-state index is -0.477. The van der Waals surface area contributed by atoms with Gasteiger partial charge in [-0.15, -0.1) is 0 Å². The van der Waals surface area contributed by atoms with E-state index < -0.39 is 5.82 Å². The molecule has 0 heterocycles. The van der Waals surface area contributed by atoms with Crippen molar-refractivity contribution in [1.82, 2.24) is 0 Å². The molecule has 0 saturated carbocycles. The van der Waals surface area contributed by atoms with Crippen molar-refractivity contribution in [2.75, 3.05) is 14.2 Å². The summed E-state index contributed by atoms with van der Waals surface area (Å²) in [5.41, 5.74) is 0.480. The maximum atomic E-state index is 13.2. The third kappa shape index (κ3) is 2.60. The molecule has 2 aromatic rings. The normalized spacial score (nSPS) is 10.2. The Labute approximate surface area is 120 Å². The fourth-order valence-corrected chi connectivity index (χ4v) is 2.18. The zero-order valence-electron chi connectivity index (χ0n) is 10.9. The van der Waals surface area contributed by atoms with Crippen LogP contribution >= 0.6 is 11.6 Å². The third-order valence-corrected chi connectivity index (χ3v) is 3.18. The number of carbonyl (C=O) groups excluding carboxylic acids is 1. The minimum absolute atomic E-state index is 0.206. The molecule has 0 aliphatic heterocycles. The van der Waals surface area contributed by atoms with Crippen LogP contribution in [0.2, 0.25) is 5.02 Å². The highest BCUT2D eigenvalue weighted by molar-refractivity contribution is 6.34. The van der Waals surface area contributed by atoms with E-state index in [4.69, 9.17) is 21.1 Å². The lowest BCUT2D eigenvalue weighted by Crippen LogP contribution is -2.05. The Morgan fingerprint density at radius 2 is 1.90 bits per heavy atom. The molecule has 0 spiro atoms. The number of ether oxygens (including phenoxy) is 2. The number of ketones is 1. The van der Waals surface area contributed by atoms with Gasteiger partial charge in [-0.1, -0.05) is 23.7 Å². The maximum absolute atomic E-state index is 13.2. The van der Waals surface area contributed by atoms with Gasteiger partial charge in [0.15, 0.2) is 11.5 Å². The van der Waals surface area contributed by atoms with Crippen molar-refractivity contribution in [1.29, 1.82) is 0 Å². The molecule has 0 radical (unpaired) electrons. The van der Waals surface area contributed by atoms with Crippen LogP contribution < -0.4 is 9.47 Å². The Kier molecular flexibility index (Phi) is 4.25. The second-order valence-electron chi connectivity index (χ2n) is 4.00. The van der Waals surface area contributed by atoms with Crippen molar-refractivity contribution in [3.05, 3.63) is 58.4 Å². The predicted octanol–water partition coefficient (Wildman–Crippen LogP) is 3.73. The first-order chi connectivity index (χ1) is 9.58. The van der Waals surface area contributed by atoms with E-state index >= 15 is 0 Å². The average molecular weight is 295 g/mol. The summed E-state index contributed by atoms with van der Waals surface area (Å²) in [6, 6.07) is 8.55. The average Bonchev–Trinajstić information content (AvgIpc) is 2.46. The van der Waals surface area contributed by atoms with Crippen LogP contribution in [-0.2, 0) is 0 Å². The summed E-state index contributed by atoms with van der Waals surface area (Å²) in [7, 11) is 2.87. The molecule has 0 N–H and O–H groups in total. The lowest BCUT2D eigenvalue weighted by Gasteiger charge is -2.12. The van der Waals surface area contributed by atoms with E-state index in [1.54, 1.807) is 6.07 Å². The van der Waals surface area contributed by atoms with E-state index in [-0.39, 0.29) is 27.7 Å². The molecular weight excluding hydrogens is 283 g/mol. The van der Waals surface area contributed by atoms with Gasteiger partial charge in [-0.05, 0) is 24.3 Å². The molecule has 2 rings (SSSR count). The molecular formula is C15H12ClFO3. The Hall–Kier alpha value is -2.07. The van der Waals surface area contributed by atoms with Crippen molar-refractivity contribution in [2.45, 2.75) is 0 Å². The largest absolute Gasteiger partial charge is 0.495 e. The highest BCUT2D eigenvalue weighted by atomic mass is 35.5. The standard InChI is InChI=1S/C15H12ClFO3/c1-19-12-7-6-11(15(20-2)13(12)16)14(18)9-4-3-5-10(17)8-9/h3-8H,1-2H3. The first kappa shape index (κ1) is 14.3. The molecule has 0 saturated heterocycles. The van der Waals surface area contributed by atoms with Gasteiger partial charge in [0.2, 0.25) is 0 Å². The number of rotatable bonds is 4.